The van der Waals surface area contributed by atoms with Crippen LogP contribution in [0, 0.1) is 0 Å². The van der Waals surface area contributed by atoms with E-state index in [0.29, 0.717) is 6.54 Å². The minimum Gasteiger partial charge on any atom is -0.550 e. The van der Waals surface area contributed by atoms with E-state index < -0.39 is 17.9 Å². The molecule has 0 fully saturated rings. The normalized spacial score (nSPS) is 11.8. The molecule has 0 saturated carbocycles. The van der Waals surface area contributed by atoms with E-state index in [1.165, 1.54) is 89.9 Å². The summed E-state index contributed by atoms with van der Waals surface area (Å²) < 4.78 is 0.210. The van der Waals surface area contributed by atoms with Crippen molar-refractivity contribution in [2.24, 2.45) is 0 Å². The maximum Gasteiger partial charge on any atom is 0.309 e. The first-order valence-corrected chi connectivity index (χ1v) is 15.9. The van der Waals surface area contributed by atoms with Crippen molar-refractivity contribution in [3.05, 3.63) is 12.2 Å². The lowest BCUT2D eigenvalue weighted by atomic mass is 10.0. The number of carbonyl (C=O) groups excluding carboxylic acids is 1. The number of quaternary nitrogens is 1. The molecule has 7 nitrogen and oxygen atoms in total. The molecule has 0 aromatic heterocycles. The number of allylic oxidation sites excluding steroid dienone is 2. The van der Waals surface area contributed by atoms with Gasteiger partial charge in [-0.2, -0.15) is 0 Å². The van der Waals surface area contributed by atoms with Gasteiger partial charge in [-0.05, 0) is 38.5 Å². The Hall–Kier alpha value is -1.89. The molecule has 0 radical (unpaired) electrons. The molecule has 0 saturated heterocycles. The number of rotatable bonds is 30. The smallest absolute Gasteiger partial charge is 0.309 e. The quantitative estimate of drug-likeness (QED) is 0.0569. The first kappa shape index (κ1) is 37.1. The van der Waals surface area contributed by atoms with Crippen molar-refractivity contribution in [1.82, 2.24) is 0 Å². The average molecular weight is 554 g/mol. The van der Waals surface area contributed by atoms with Crippen molar-refractivity contribution in [2.75, 3.05) is 26.2 Å². The second-order valence-corrected chi connectivity index (χ2v) is 11.4. The molecule has 2 N–H and O–H groups in total. The molecule has 228 valence electrons. The van der Waals surface area contributed by atoms with Crippen LogP contribution in [-0.4, -0.2) is 58.8 Å². The Morgan fingerprint density at radius 3 is 1.28 bits per heavy atom. The number of aliphatic carboxylic acids is 3. The number of nitrogens with zero attached hydrogens (tertiary/aromatic N) is 1. The molecule has 7 heteroatoms. The van der Waals surface area contributed by atoms with Gasteiger partial charge in [-0.3, -0.25) is 9.59 Å². The fraction of sp³-hybridized carbons (Fsp3) is 0.844. The highest BCUT2D eigenvalue weighted by molar-refractivity contribution is 5.67. The molecule has 0 aliphatic heterocycles. The third kappa shape index (κ3) is 26.1. The van der Waals surface area contributed by atoms with Crippen molar-refractivity contribution in [3.63, 3.8) is 0 Å². The van der Waals surface area contributed by atoms with Gasteiger partial charge in [-0.15, -0.1) is 0 Å². The van der Waals surface area contributed by atoms with Gasteiger partial charge in [0, 0.05) is 12.4 Å². The summed E-state index contributed by atoms with van der Waals surface area (Å²) in [5.74, 6) is -3.09. The van der Waals surface area contributed by atoms with E-state index in [1.807, 2.05) is 0 Å². The molecule has 0 aliphatic rings. The second-order valence-electron chi connectivity index (χ2n) is 11.4. The molecule has 0 aliphatic carbocycles. The van der Waals surface area contributed by atoms with E-state index in [2.05, 4.69) is 19.1 Å². The first-order chi connectivity index (χ1) is 18.8. The summed E-state index contributed by atoms with van der Waals surface area (Å²) in [5.41, 5.74) is 0. The van der Waals surface area contributed by atoms with Crippen molar-refractivity contribution in [2.45, 2.75) is 148 Å². The summed E-state index contributed by atoms with van der Waals surface area (Å²) in [7, 11) is 0. The molecule has 0 atom stereocenters. The SMILES string of the molecule is CCCCCCCCCCCCCCCC/C=C/CCCCC[N+](CCC(=O)[O-])(CCC(=O)O)CCC(=O)O. The fourth-order valence-electron chi connectivity index (χ4n) is 5.24. The maximum atomic E-state index is 11.1. The van der Waals surface area contributed by atoms with Crippen LogP contribution in [-0.2, 0) is 14.4 Å². The number of carboxylic acid groups (broad SMARTS) is 3. The van der Waals surface area contributed by atoms with Crippen LogP contribution in [0.15, 0.2) is 12.2 Å². The second kappa shape index (κ2) is 26.3. The van der Waals surface area contributed by atoms with E-state index in [0.717, 1.165) is 32.1 Å². The largest absolute Gasteiger partial charge is 0.550 e. The summed E-state index contributed by atoms with van der Waals surface area (Å²) >= 11 is 0. The number of hydrogen-bond acceptors (Lipinski definition) is 4. The van der Waals surface area contributed by atoms with Crippen molar-refractivity contribution >= 4 is 17.9 Å². The average Bonchev–Trinajstić information content (AvgIpc) is 2.90. The number of carboxylic acids is 3. The maximum absolute atomic E-state index is 11.1. The topological polar surface area (TPSA) is 115 Å². The summed E-state index contributed by atoms with van der Waals surface area (Å²) in [6, 6.07) is 0. The van der Waals surface area contributed by atoms with E-state index in [1.54, 1.807) is 0 Å². The molecule has 0 spiro atoms. The Labute approximate surface area is 238 Å². The van der Waals surface area contributed by atoms with Crippen LogP contribution in [0.25, 0.3) is 0 Å². The zero-order valence-electron chi connectivity index (χ0n) is 25.0. The highest BCUT2D eigenvalue weighted by Gasteiger charge is 2.28. The van der Waals surface area contributed by atoms with Crippen molar-refractivity contribution in [1.29, 1.82) is 0 Å². The molecular weight excluding hydrogens is 494 g/mol. The van der Waals surface area contributed by atoms with Gasteiger partial charge in [-0.1, -0.05) is 103 Å². The highest BCUT2D eigenvalue weighted by Crippen LogP contribution is 2.16. The van der Waals surface area contributed by atoms with Crippen LogP contribution in [0.3, 0.4) is 0 Å². The predicted octanol–water partition coefficient (Wildman–Crippen LogP) is 6.88. The number of unbranched alkanes of at least 4 members (excludes halogenated alkanes) is 17. The van der Waals surface area contributed by atoms with E-state index in [4.69, 9.17) is 10.2 Å². The lowest BCUT2D eigenvalue weighted by Gasteiger charge is -2.38. The summed E-state index contributed by atoms with van der Waals surface area (Å²) in [4.78, 5) is 33.3. The molecule has 0 rings (SSSR count). The molecule has 0 aromatic carbocycles. The van der Waals surface area contributed by atoms with Crippen LogP contribution in [0.1, 0.15) is 148 Å². The van der Waals surface area contributed by atoms with Gasteiger partial charge < -0.3 is 24.6 Å². The minimum atomic E-state index is -1.19. The predicted molar refractivity (Wildman–Crippen MR) is 156 cm³/mol. The Balaban J connectivity index is 3.91. The molecular formula is C32H59NO6. The minimum absolute atomic E-state index is 0.103. The lowest BCUT2D eigenvalue weighted by molar-refractivity contribution is -0.927. The molecule has 0 heterocycles. The standard InChI is InChI=1S/C32H59NO6/c1-2-3-4-5-6-7-8-9-10-11-12-13-14-15-16-17-18-19-20-21-22-26-33(27-23-30(34)35,28-24-31(36)37)29-25-32(38)39/h17-18H,2-16,19-29H2,1H3,(H2-,34,35,36,37,38,39)/b18-17+. The zero-order chi connectivity index (χ0) is 29.0. The summed E-state index contributed by atoms with van der Waals surface area (Å²) in [5, 5.41) is 29.3. The van der Waals surface area contributed by atoms with Gasteiger partial charge >= 0.3 is 11.9 Å². The highest BCUT2D eigenvalue weighted by atomic mass is 16.4. The monoisotopic (exact) mass is 553 g/mol. The zero-order valence-corrected chi connectivity index (χ0v) is 25.0. The van der Waals surface area contributed by atoms with Crippen LogP contribution in [0.4, 0.5) is 0 Å². The van der Waals surface area contributed by atoms with Crippen LogP contribution in [0.2, 0.25) is 0 Å². The van der Waals surface area contributed by atoms with Crippen molar-refractivity contribution in [3.8, 4) is 0 Å². The summed E-state index contributed by atoms with van der Waals surface area (Å²) in [6.07, 6.45) is 28.3. The Bertz CT molecular complexity index is 603. The van der Waals surface area contributed by atoms with E-state index in [-0.39, 0.29) is 43.4 Å². The van der Waals surface area contributed by atoms with Gasteiger partial charge in [-0.25, -0.2) is 0 Å². The van der Waals surface area contributed by atoms with E-state index in [9.17, 15) is 19.5 Å². The molecule has 0 unspecified atom stereocenters. The van der Waals surface area contributed by atoms with Crippen LogP contribution in [0.5, 0.6) is 0 Å². The van der Waals surface area contributed by atoms with Gasteiger partial charge in [0.2, 0.25) is 0 Å². The molecule has 0 amide bonds. The van der Waals surface area contributed by atoms with Gasteiger partial charge in [0.05, 0.1) is 39.0 Å². The summed E-state index contributed by atoms with van der Waals surface area (Å²) in [6.45, 7) is 3.56. The number of hydrogen-bond donors (Lipinski definition) is 2. The molecule has 39 heavy (non-hydrogen) atoms. The Kier molecular flexibility index (Phi) is 25.1. The van der Waals surface area contributed by atoms with Crippen LogP contribution >= 0.6 is 0 Å². The Morgan fingerprint density at radius 2 is 0.897 bits per heavy atom. The lowest BCUT2D eigenvalue weighted by Crippen LogP contribution is -2.53. The third-order valence-electron chi connectivity index (χ3n) is 7.78. The van der Waals surface area contributed by atoms with Crippen molar-refractivity contribution < 1.29 is 34.2 Å². The van der Waals surface area contributed by atoms with Gasteiger partial charge in [0.1, 0.15) is 0 Å². The Morgan fingerprint density at radius 1 is 0.538 bits per heavy atom. The first-order valence-electron chi connectivity index (χ1n) is 15.9. The van der Waals surface area contributed by atoms with E-state index >= 15 is 0 Å². The molecule has 0 aromatic rings. The fourth-order valence-corrected chi connectivity index (χ4v) is 5.24. The third-order valence-corrected chi connectivity index (χ3v) is 7.78. The van der Waals surface area contributed by atoms with Gasteiger partial charge in [0.25, 0.3) is 0 Å². The van der Waals surface area contributed by atoms with Gasteiger partial charge in [0.15, 0.2) is 0 Å². The van der Waals surface area contributed by atoms with Crippen LogP contribution < -0.4 is 5.11 Å². The molecule has 0 bridgehead atoms. The number of carbonyl (C=O) groups is 3.